The highest BCUT2D eigenvalue weighted by Crippen LogP contribution is 2.27. The summed E-state index contributed by atoms with van der Waals surface area (Å²) >= 11 is 0. The first-order chi connectivity index (χ1) is 9.91. The maximum absolute atomic E-state index is 12.2. The number of benzene rings is 1. The zero-order valence-corrected chi connectivity index (χ0v) is 13.1. The van der Waals surface area contributed by atoms with Crippen molar-refractivity contribution in [3.8, 4) is 0 Å². The van der Waals surface area contributed by atoms with Gasteiger partial charge in [0.1, 0.15) is 0 Å². The predicted molar refractivity (Wildman–Crippen MR) is 81.2 cm³/mol. The van der Waals surface area contributed by atoms with Crippen molar-refractivity contribution in [3.63, 3.8) is 0 Å². The Balaban J connectivity index is 1.91. The van der Waals surface area contributed by atoms with Crippen molar-refractivity contribution < 1.29 is 13.2 Å². The topological polar surface area (TPSA) is 80.5 Å². The molecule has 0 aromatic heterocycles. The van der Waals surface area contributed by atoms with Gasteiger partial charge in [-0.15, -0.1) is 0 Å². The van der Waals surface area contributed by atoms with Crippen LogP contribution in [-0.2, 0) is 21.2 Å². The Bertz CT molecular complexity index is 592. The summed E-state index contributed by atoms with van der Waals surface area (Å²) in [6, 6.07) is 6.85. The van der Waals surface area contributed by atoms with Gasteiger partial charge in [0, 0.05) is 19.0 Å². The molecule has 0 aliphatic heterocycles. The number of hydrogen-bond acceptors (Lipinski definition) is 3. The lowest BCUT2D eigenvalue weighted by Crippen LogP contribution is -2.33. The number of amides is 1. The number of primary sulfonamides is 1. The third-order valence-electron chi connectivity index (χ3n) is 3.65. The normalized spacial score (nSPS) is 15.0. The zero-order chi connectivity index (χ0) is 15.5. The van der Waals surface area contributed by atoms with Crippen LogP contribution < -0.4 is 5.14 Å². The van der Waals surface area contributed by atoms with Gasteiger partial charge >= 0.3 is 0 Å². The van der Waals surface area contributed by atoms with Gasteiger partial charge in [-0.1, -0.05) is 19.1 Å². The largest absolute Gasteiger partial charge is 0.340 e. The minimum Gasteiger partial charge on any atom is -0.340 e. The summed E-state index contributed by atoms with van der Waals surface area (Å²) in [5.41, 5.74) is 0.947. The number of aryl methyl sites for hydroxylation is 1. The highest BCUT2D eigenvalue weighted by molar-refractivity contribution is 7.89. The van der Waals surface area contributed by atoms with Crippen LogP contribution in [0.2, 0.25) is 0 Å². The van der Waals surface area contributed by atoms with Crippen LogP contribution in [-0.4, -0.2) is 31.8 Å². The van der Waals surface area contributed by atoms with E-state index in [2.05, 4.69) is 6.92 Å². The van der Waals surface area contributed by atoms with E-state index in [1.165, 1.54) is 12.1 Å². The van der Waals surface area contributed by atoms with Crippen LogP contribution in [0.5, 0.6) is 0 Å². The Morgan fingerprint density at radius 2 is 1.90 bits per heavy atom. The average Bonchev–Trinajstić information content (AvgIpc) is 3.26. The molecule has 0 bridgehead atoms. The highest BCUT2D eigenvalue weighted by Gasteiger charge is 2.31. The van der Waals surface area contributed by atoms with Crippen LogP contribution in [0.4, 0.5) is 0 Å². The minimum absolute atomic E-state index is 0.100. The van der Waals surface area contributed by atoms with Crippen LogP contribution in [0.25, 0.3) is 0 Å². The SMILES string of the molecule is CCCN(C(=O)CCc1ccc(S(N)(=O)=O)cc1)C1CC1. The number of carbonyl (C=O) groups is 1. The van der Waals surface area contributed by atoms with Crippen LogP contribution >= 0.6 is 0 Å². The molecule has 0 saturated heterocycles. The summed E-state index contributed by atoms with van der Waals surface area (Å²) in [5.74, 6) is 0.190. The zero-order valence-electron chi connectivity index (χ0n) is 12.3. The molecule has 0 radical (unpaired) electrons. The fourth-order valence-corrected chi connectivity index (χ4v) is 2.89. The van der Waals surface area contributed by atoms with E-state index in [1.54, 1.807) is 12.1 Å². The van der Waals surface area contributed by atoms with E-state index < -0.39 is 10.0 Å². The fraction of sp³-hybridized carbons (Fsp3) is 0.533. The Morgan fingerprint density at radius 1 is 1.29 bits per heavy atom. The van der Waals surface area contributed by atoms with Crippen molar-refractivity contribution in [3.05, 3.63) is 29.8 Å². The summed E-state index contributed by atoms with van der Waals surface area (Å²) in [7, 11) is -3.65. The van der Waals surface area contributed by atoms with E-state index in [4.69, 9.17) is 5.14 Å². The molecule has 1 aromatic rings. The number of rotatable bonds is 7. The first kappa shape index (κ1) is 16.0. The van der Waals surface area contributed by atoms with Gasteiger partial charge in [-0.05, 0) is 43.4 Å². The maximum Gasteiger partial charge on any atom is 0.238 e. The first-order valence-corrected chi connectivity index (χ1v) is 8.87. The van der Waals surface area contributed by atoms with Crippen LogP contribution in [0.15, 0.2) is 29.2 Å². The Hall–Kier alpha value is -1.40. The summed E-state index contributed by atoms with van der Waals surface area (Å²) in [6.45, 7) is 2.91. The van der Waals surface area contributed by atoms with Gasteiger partial charge in [0.05, 0.1) is 4.90 Å². The lowest BCUT2D eigenvalue weighted by Gasteiger charge is -2.21. The van der Waals surface area contributed by atoms with Crippen molar-refractivity contribution in [1.29, 1.82) is 0 Å². The smallest absolute Gasteiger partial charge is 0.238 e. The van der Waals surface area contributed by atoms with Gasteiger partial charge in [-0.25, -0.2) is 13.6 Å². The quantitative estimate of drug-likeness (QED) is 0.832. The molecule has 21 heavy (non-hydrogen) atoms. The molecule has 0 unspecified atom stereocenters. The van der Waals surface area contributed by atoms with E-state index in [0.29, 0.717) is 18.9 Å². The molecule has 1 fully saturated rings. The van der Waals surface area contributed by atoms with Crippen molar-refractivity contribution >= 4 is 15.9 Å². The molecular formula is C15H22N2O3S. The average molecular weight is 310 g/mol. The third kappa shape index (κ3) is 4.54. The third-order valence-corrected chi connectivity index (χ3v) is 4.58. The molecule has 1 aliphatic rings. The van der Waals surface area contributed by atoms with E-state index in [0.717, 1.165) is 31.4 Å². The number of nitrogens with zero attached hydrogens (tertiary/aromatic N) is 1. The van der Waals surface area contributed by atoms with Gasteiger partial charge in [0.25, 0.3) is 0 Å². The predicted octanol–water partition coefficient (Wildman–Crippen LogP) is 1.67. The van der Waals surface area contributed by atoms with Crippen molar-refractivity contribution in [2.24, 2.45) is 5.14 Å². The van der Waals surface area contributed by atoms with Gasteiger partial charge in [0.2, 0.25) is 15.9 Å². The Kier molecular flexibility index (Phi) is 5.00. The summed E-state index contributed by atoms with van der Waals surface area (Å²) in [5, 5.41) is 5.05. The molecule has 1 aliphatic carbocycles. The van der Waals surface area contributed by atoms with E-state index in [9.17, 15) is 13.2 Å². The molecule has 0 atom stereocenters. The molecule has 2 rings (SSSR count). The molecule has 1 saturated carbocycles. The second-order valence-corrected chi connectivity index (χ2v) is 7.07. The highest BCUT2D eigenvalue weighted by atomic mass is 32.2. The van der Waals surface area contributed by atoms with Gasteiger partial charge in [-0.2, -0.15) is 0 Å². The van der Waals surface area contributed by atoms with Crippen LogP contribution in [0, 0.1) is 0 Å². The number of nitrogens with two attached hydrogens (primary N) is 1. The van der Waals surface area contributed by atoms with Crippen molar-refractivity contribution in [2.75, 3.05) is 6.54 Å². The lowest BCUT2D eigenvalue weighted by atomic mass is 10.1. The van der Waals surface area contributed by atoms with E-state index in [1.807, 2.05) is 4.90 Å². The summed E-state index contributed by atoms with van der Waals surface area (Å²) in [6.07, 6.45) is 4.30. The fourth-order valence-electron chi connectivity index (χ4n) is 2.38. The van der Waals surface area contributed by atoms with Crippen LogP contribution in [0.3, 0.4) is 0 Å². The van der Waals surface area contributed by atoms with Crippen LogP contribution in [0.1, 0.15) is 38.2 Å². The minimum atomic E-state index is -3.65. The molecule has 5 nitrogen and oxygen atoms in total. The lowest BCUT2D eigenvalue weighted by molar-refractivity contribution is -0.131. The Morgan fingerprint density at radius 3 is 2.38 bits per heavy atom. The molecule has 6 heteroatoms. The first-order valence-electron chi connectivity index (χ1n) is 7.33. The molecular weight excluding hydrogens is 288 g/mol. The van der Waals surface area contributed by atoms with Gasteiger partial charge in [0.15, 0.2) is 0 Å². The monoisotopic (exact) mass is 310 g/mol. The summed E-state index contributed by atoms with van der Waals surface area (Å²) < 4.78 is 22.3. The standard InChI is InChI=1S/C15H22N2O3S/c1-2-11-17(13-6-7-13)15(18)10-5-12-3-8-14(9-4-12)21(16,19)20/h3-4,8-9,13H,2,5-7,10-11H2,1H3,(H2,16,19,20). The van der Waals surface area contributed by atoms with Crippen molar-refractivity contribution in [2.45, 2.75) is 50.0 Å². The molecule has 116 valence electrons. The molecule has 0 heterocycles. The number of carbonyl (C=O) groups excluding carboxylic acids is 1. The summed E-state index contributed by atoms with van der Waals surface area (Å²) in [4.78, 5) is 14.3. The number of sulfonamides is 1. The molecule has 2 N–H and O–H groups in total. The van der Waals surface area contributed by atoms with Gasteiger partial charge < -0.3 is 4.90 Å². The number of hydrogen-bond donors (Lipinski definition) is 1. The second-order valence-electron chi connectivity index (χ2n) is 5.51. The van der Waals surface area contributed by atoms with E-state index >= 15 is 0 Å². The van der Waals surface area contributed by atoms with Crippen molar-refractivity contribution in [1.82, 2.24) is 4.90 Å². The molecule has 1 aromatic carbocycles. The molecule has 1 amide bonds. The molecule has 0 spiro atoms. The van der Waals surface area contributed by atoms with Gasteiger partial charge in [-0.3, -0.25) is 4.79 Å². The Labute approximate surface area is 126 Å². The maximum atomic E-state index is 12.2. The second kappa shape index (κ2) is 6.58. The van der Waals surface area contributed by atoms with E-state index in [-0.39, 0.29) is 10.8 Å².